The summed E-state index contributed by atoms with van der Waals surface area (Å²) in [5, 5.41) is 0. The molecule has 2 aromatic rings. The average molecular weight is 444 g/mol. The molecule has 1 heterocycles. The maximum atomic E-state index is 11.8. The zero-order valence-electron chi connectivity index (χ0n) is 11.6. The van der Waals surface area contributed by atoms with Gasteiger partial charge in [-0.15, -0.1) is 0 Å². The molecule has 106 valence electrons. The van der Waals surface area contributed by atoms with Gasteiger partial charge >= 0.3 is 29.9 Å². The molecule has 0 aliphatic carbocycles. The number of hydrogen-bond donors (Lipinski definition) is 0. The molecule has 2 rings (SSSR count). The van der Waals surface area contributed by atoms with Gasteiger partial charge in [0.2, 0.25) is 5.76 Å². The van der Waals surface area contributed by atoms with Crippen molar-refractivity contribution in [2.75, 3.05) is 6.61 Å². The summed E-state index contributed by atoms with van der Waals surface area (Å²) >= 11 is 3.15. The Morgan fingerprint density at radius 1 is 1.20 bits per heavy atom. The zero-order valence-corrected chi connectivity index (χ0v) is 17.2. The van der Waals surface area contributed by atoms with E-state index < -0.39 is 5.97 Å². The van der Waals surface area contributed by atoms with Crippen LogP contribution >= 0.6 is 15.9 Å². The van der Waals surface area contributed by atoms with Gasteiger partial charge in [0.25, 0.3) is 0 Å². The Morgan fingerprint density at radius 3 is 2.40 bits per heavy atom. The Kier molecular flexibility index (Phi) is 6.33. The van der Waals surface area contributed by atoms with E-state index in [0.29, 0.717) is 11.3 Å². The van der Waals surface area contributed by atoms with Crippen molar-refractivity contribution in [2.45, 2.75) is 19.3 Å². The number of hydrogen-bond acceptors (Lipinski definition) is 3. The maximum absolute atomic E-state index is 11.8. The molecule has 1 aromatic heterocycles. The van der Waals surface area contributed by atoms with Crippen LogP contribution in [0.3, 0.4) is 0 Å². The van der Waals surface area contributed by atoms with E-state index in [-0.39, 0.29) is 35.1 Å². The number of furan rings is 1. The van der Waals surface area contributed by atoms with Crippen molar-refractivity contribution >= 4 is 45.8 Å². The van der Waals surface area contributed by atoms with E-state index in [1.807, 2.05) is 44.2 Å². The first kappa shape index (κ1) is 17.3. The summed E-state index contributed by atoms with van der Waals surface area (Å²) in [4.78, 5) is 11.8. The summed E-state index contributed by atoms with van der Waals surface area (Å²) in [6, 6.07) is 13.2. The second-order valence-electron chi connectivity index (χ2n) is 4.93. The SMILES string of the molecule is CC(C)(COC(=O)c1ccc(Br)o1)c1ccccc1.[SnH2]. The molecule has 3 nitrogen and oxygen atoms in total. The van der Waals surface area contributed by atoms with Crippen molar-refractivity contribution in [1.82, 2.24) is 0 Å². The predicted octanol–water partition coefficient (Wildman–Crippen LogP) is 3.26. The van der Waals surface area contributed by atoms with Crippen LogP contribution in [-0.4, -0.2) is 36.5 Å². The first-order chi connectivity index (χ1) is 8.99. The minimum atomic E-state index is -0.449. The molecule has 0 aliphatic rings. The molecule has 20 heavy (non-hydrogen) atoms. The van der Waals surface area contributed by atoms with E-state index in [1.165, 1.54) is 0 Å². The average Bonchev–Trinajstić information content (AvgIpc) is 2.84. The van der Waals surface area contributed by atoms with Gasteiger partial charge in [0.1, 0.15) is 6.61 Å². The van der Waals surface area contributed by atoms with Crippen LogP contribution in [0.4, 0.5) is 0 Å². The Balaban J connectivity index is 0.00000200. The fourth-order valence-corrected chi connectivity index (χ4v) is 2.02. The van der Waals surface area contributed by atoms with E-state index in [2.05, 4.69) is 15.9 Å². The number of esters is 1. The van der Waals surface area contributed by atoms with E-state index in [9.17, 15) is 4.79 Å². The van der Waals surface area contributed by atoms with Crippen molar-refractivity contribution < 1.29 is 13.9 Å². The summed E-state index contributed by atoms with van der Waals surface area (Å²) in [5.74, 6) is -0.245. The molecule has 0 bridgehead atoms. The molecule has 0 amide bonds. The normalized spacial score (nSPS) is 10.8. The fourth-order valence-electron chi connectivity index (χ4n) is 1.71. The molecule has 2 radical (unpaired) electrons. The van der Waals surface area contributed by atoms with Crippen LogP contribution in [0.25, 0.3) is 0 Å². The third kappa shape index (κ3) is 4.38. The van der Waals surface area contributed by atoms with Crippen LogP contribution in [0.2, 0.25) is 0 Å². The van der Waals surface area contributed by atoms with E-state index in [1.54, 1.807) is 12.1 Å². The summed E-state index contributed by atoms with van der Waals surface area (Å²) in [7, 11) is 0. The predicted molar refractivity (Wildman–Crippen MR) is 84.7 cm³/mol. The van der Waals surface area contributed by atoms with Crippen molar-refractivity contribution in [2.24, 2.45) is 0 Å². The molecule has 1 aromatic carbocycles. The first-order valence-electron chi connectivity index (χ1n) is 5.97. The molecule has 0 saturated carbocycles. The monoisotopic (exact) mass is 444 g/mol. The standard InChI is InChI=1S/C15H15BrO3.Sn.2H/c1-15(2,11-6-4-3-5-7-11)10-18-14(17)12-8-9-13(16)19-12;;;/h3-9H,10H2,1-2H3;;;. The van der Waals surface area contributed by atoms with Gasteiger partial charge in [-0.1, -0.05) is 44.2 Å². The number of rotatable bonds is 4. The Labute approximate surface area is 143 Å². The topological polar surface area (TPSA) is 39.4 Å². The van der Waals surface area contributed by atoms with Crippen LogP contribution in [0.5, 0.6) is 0 Å². The Morgan fingerprint density at radius 2 is 1.85 bits per heavy atom. The molecular formula is C15H17BrO3Sn. The third-order valence-electron chi connectivity index (χ3n) is 2.89. The van der Waals surface area contributed by atoms with Crippen molar-refractivity contribution in [3.63, 3.8) is 0 Å². The molecule has 0 aliphatic heterocycles. The second kappa shape index (κ2) is 7.31. The van der Waals surface area contributed by atoms with Gasteiger partial charge in [0, 0.05) is 5.41 Å². The second-order valence-corrected chi connectivity index (χ2v) is 5.71. The number of halogens is 1. The van der Waals surface area contributed by atoms with Crippen LogP contribution < -0.4 is 0 Å². The van der Waals surface area contributed by atoms with Crippen molar-refractivity contribution in [3.8, 4) is 0 Å². The van der Waals surface area contributed by atoms with Gasteiger partial charge in [-0.3, -0.25) is 0 Å². The van der Waals surface area contributed by atoms with Crippen LogP contribution in [0, 0.1) is 0 Å². The van der Waals surface area contributed by atoms with Gasteiger partial charge in [0.05, 0.1) is 0 Å². The zero-order chi connectivity index (χ0) is 13.9. The van der Waals surface area contributed by atoms with Gasteiger partial charge in [-0.2, -0.15) is 0 Å². The van der Waals surface area contributed by atoms with E-state index in [4.69, 9.17) is 9.15 Å². The molecule has 0 spiro atoms. The summed E-state index contributed by atoms with van der Waals surface area (Å²) in [6.07, 6.45) is 0. The molecule has 0 saturated heterocycles. The molecule has 0 atom stereocenters. The Bertz CT molecular complexity index is 564. The quantitative estimate of drug-likeness (QED) is 0.538. The molecule has 0 N–H and O–H groups in total. The third-order valence-corrected chi connectivity index (χ3v) is 3.32. The minimum absolute atomic E-state index is 0. The molecule has 0 fully saturated rings. The molecule has 0 unspecified atom stereocenters. The molecule has 5 heteroatoms. The van der Waals surface area contributed by atoms with Gasteiger partial charge in [0.15, 0.2) is 4.67 Å². The molecular weight excluding hydrogens is 427 g/mol. The van der Waals surface area contributed by atoms with Crippen molar-refractivity contribution in [1.29, 1.82) is 0 Å². The first-order valence-corrected chi connectivity index (χ1v) is 6.76. The van der Waals surface area contributed by atoms with E-state index in [0.717, 1.165) is 5.56 Å². The summed E-state index contributed by atoms with van der Waals surface area (Å²) in [5.41, 5.74) is 0.893. The van der Waals surface area contributed by atoms with E-state index >= 15 is 0 Å². The van der Waals surface area contributed by atoms with Gasteiger partial charge < -0.3 is 9.15 Å². The fraction of sp³-hybridized carbons (Fsp3) is 0.267. The summed E-state index contributed by atoms with van der Waals surface area (Å²) in [6.45, 7) is 4.37. The van der Waals surface area contributed by atoms with Gasteiger partial charge in [-0.05, 0) is 33.6 Å². The van der Waals surface area contributed by atoms with Crippen LogP contribution in [0.15, 0.2) is 51.6 Å². The van der Waals surface area contributed by atoms with Crippen molar-refractivity contribution in [3.05, 3.63) is 58.5 Å². The van der Waals surface area contributed by atoms with Gasteiger partial charge in [-0.25, -0.2) is 4.79 Å². The number of carbonyl (C=O) groups excluding carboxylic acids is 1. The van der Waals surface area contributed by atoms with Crippen LogP contribution in [0.1, 0.15) is 30.0 Å². The number of benzene rings is 1. The Hall–Kier alpha value is -0.751. The number of ether oxygens (including phenoxy) is 1. The summed E-state index contributed by atoms with van der Waals surface area (Å²) < 4.78 is 11.0. The number of carbonyl (C=O) groups is 1. The van der Waals surface area contributed by atoms with Crippen LogP contribution in [-0.2, 0) is 10.2 Å².